The fourth-order valence-corrected chi connectivity index (χ4v) is 1.53. The van der Waals surface area contributed by atoms with Crippen molar-refractivity contribution in [1.82, 2.24) is 9.13 Å². The van der Waals surface area contributed by atoms with Gasteiger partial charge in [0.05, 0.1) is 4.99 Å². The summed E-state index contributed by atoms with van der Waals surface area (Å²) in [4.78, 5) is 23.5. The zero-order chi connectivity index (χ0) is 12.1. The Morgan fingerprint density at radius 3 is 2.75 bits per heavy atom. The van der Waals surface area contributed by atoms with Gasteiger partial charge in [0, 0.05) is 25.9 Å². The maximum absolute atomic E-state index is 11.6. The number of nitrogens with zero attached hydrogens (tertiary/aromatic N) is 2. The Labute approximate surface area is 98.5 Å². The molecule has 0 aliphatic heterocycles. The van der Waals surface area contributed by atoms with Crippen molar-refractivity contribution in [3.8, 4) is 0 Å². The molecule has 0 unspecified atom stereocenters. The van der Waals surface area contributed by atoms with Crippen molar-refractivity contribution >= 4 is 17.2 Å². The lowest BCUT2D eigenvalue weighted by atomic mass is 10.2. The van der Waals surface area contributed by atoms with Crippen LogP contribution in [0.4, 0.5) is 0 Å². The van der Waals surface area contributed by atoms with Crippen molar-refractivity contribution in [2.24, 2.45) is 12.8 Å². The van der Waals surface area contributed by atoms with Crippen molar-refractivity contribution < 1.29 is 0 Å². The van der Waals surface area contributed by atoms with E-state index in [-0.39, 0.29) is 11.2 Å². The van der Waals surface area contributed by atoms with E-state index < -0.39 is 0 Å². The molecule has 16 heavy (non-hydrogen) atoms. The molecule has 0 bridgehead atoms. The summed E-state index contributed by atoms with van der Waals surface area (Å²) in [6.45, 7) is 0.412. The molecule has 5 nitrogen and oxygen atoms in total. The Kier molecular flexibility index (Phi) is 4.42. The molecule has 0 atom stereocenters. The molecule has 0 saturated carbocycles. The Morgan fingerprint density at radius 2 is 2.12 bits per heavy atom. The van der Waals surface area contributed by atoms with Crippen molar-refractivity contribution in [3.05, 3.63) is 33.1 Å². The molecule has 0 aliphatic rings. The number of nitrogens with two attached hydrogens (primary N) is 1. The highest BCUT2D eigenvalue weighted by Gasteiger charge is 2.02. The fourth-order valence-electron chi connectivity index (χ4n) is 1.39. The summed E-state index contributed by atoms with van der Waals surface area (Å²) in [7, 11) is 1.62. The van der Waals surface area contributed by atoms with Gasteiger partial charge in [0.25, 0.3) is 5.56 Å². The van der Waals surface area contributed by atoms with E-state index in [1.165, 1.54) is 21.4 Å². The second-order valence-corrected chi connectivity index (χ2v) is 4.15. The maximum Gasteiger partial charge on any atom is 0.330 e. The maximum atomic E-state index is 11.6. The van der Waals surface area contributed by atoms with Crippen LogP contribution in [-0.4, -0.2) is 14.1 Å². The number of thiocarbonyl (C=S) groups is 1. The van der Waals surface area contributed by atoms with Crippen LogP contribution in [0.2, 0.25) is 0 Å². The highest BCUT2D eigenvalue weighted by molar-refractivity contribution is 7.80. The van der Waals surface area contributed by atoms with E-state index in [0.717, 1.165) is 12.8 Å². The zero-order valence-corrected chi connectivity index (χ0v) is 10.00. The highest BCUT2D eigenvalue weighted by atomic mass is 32.1. The number of hydrogen-bond acceptors (Lipinski definition) is 3. The van der Waals surface area contributed by atoms with Crippen LogP contribution in [-0.2, 0) is 13.6 Å². The van der Waals surface area contributed by atoms with E-state index in [9.17, 15) is 9.59 Å². The Morgan fingerprint density at radius 1 is 1.44 bits per heavy atom. The molecule has 0 aliphatic carbocycles. The lowest BCUT2D eigenvalue weighted by Gasteiger charge is -2.05. The predicted octanol–water partition coefficient (Wildman–Crippen LogP) is 0.00340. The van der Waals surface area contributed by atoms with E-state index in [4.69, 9.17) is 18.0 Å². The molecule has 1 aromatic rings. The molecule has 0 spiro atoms. The summed E-state index contributed by atoms with van der Waals surface area (Å²) >= 11 is 4.74. The molecule has 1 aromatic heterocycles. The third-order valence-corrected chi connectivity index (χ3v) is 2.50. The number of aryl methyl sites for hydroxylation is 1. The van der Waals surface area contributed by atoms with E-state index >= 15 is 0 Å². The molecule has 2 N–H and O–H groups in total. The molecule has 0 radical (unpaired) electrons. The lowest BCUT2D eigenvalue weighted by Crippen LogP contribution is -2.37. The van der Waals surface area contributed by atoms with E-state index in [0.29, 0.717) is 18.0 Å². The predicted molar refractivity (Wildman–Crippen MR) is 66.6 cm³/mol. The van der Waals surface area contributed by atoms with Gasteiger partial charge in [-0.2, -0.15) is 0 Å². The number of unbranched alkanes of at least 4 members (excludes halogenated alkanes) is 1. The second kappa shape index (κ2) is 5.60. The first-order valence-electron chi connectivity index (χ1n) is 5.07. The van der Waals surface area contributed by atoms with E-state index in [2.05, 4.69) is 0 Å². The van der Waals surface area contributed by atoms with Gasteiger partial charge in [-0.05, 0) is 19.3 Å². The van der Waals surface area contributed by atoms with Crippen LogP contribution in [0, 0.1) is 0 Å². The quantitative estimate of drug-likeness (QED) is 0.582. The smallest absolute Gasteiger partial charge is 0.330 e. The van der Waals surface area contributed by atoms with Crippen LogP contribution in [0.3, 0.4) is 0 Å². The molecule has 1 rings (SSSR count). The molecular formula is C10H15N3O2S. The largest absolute Gasteiger partial charge is 0.393 e. The second-order valence-electron chi connectivity index (χ2n) is 3.62. The molecule has 1 heterocycles. The molecule has 88 valence electrons. The molecule has 0 saturated heterocycles. The average molecular weight is 241 g/mol. The molecular weight excluding hydrogens is 226 g/mol. The minimum Gasteiger partial charge on any atom is -0.393 e. The monoisotopic (exact) mass is 241 g/mol. The van der Waals surface area contributed by atoms with Gasteiger partial charge in [-0.15, -0.1) is 0 Å². The minimum absolute atomic E-state index is 0.265. The van der Waals surface area contributed by atoms with Crippen LogP contribution in [0.5, 0.6) is 0 Å². The van der Waals surface area contributed by atoms with Crippen LogP contribution in [0.1, 0.15) is 19.3 Å². The van der Waals surface area contributed by atoms with Gasteiger partial charge in [-0.25, -0.2) is 4.79 Å². The molecule has 6 heteroatoms. The average Bonchev–Trinajstić information content (AvgIpc) is 2.22. The van der Waals surface area contributed by atoms with Crippen LogP contribution in [0.15, 0.2) is 21.9 Å². The topological polar surface area (TPSA) is 70.0 Å². The van der Waals surface area contributed by atoms with Crippen molar-refractivity contribution in [2.45, 2.75) is 25.8 Å². The summed E-state index contributed by atoms with van der Waals surface area (Å²) in [5.41, 5.74) is 4.80. The summed E-state index contributed by atoms with van der Waals surface area (Å²) in [5.74, 6) is 0. The van der Waals surface area contributed by atoms with Crippen LogP contribution < -0.4 is 17.0 Å². The lowest BCUT2D eigenvalue weighted by molar-refractivity contribution is 0.551. The third kappa shape index (κ3) is 3.30. The van der Waals surface area contributed by atoms with Crippen LogP contribution in [0.25, 0.3) is 0 Å². The van der Waals surface area contributed by atoms with Crippen molar-refractivity contribution in [3.63, 3.8) is 0 Å². The summed E-state index contributed by atoms with van der Waals surface area (Å²) in [6.07, 6.45) is 3.63. The number of hydrogen-bond donors (Lipinski definition) is 1. The van der Waals surface area contributed by atoms with Gasteiger partial charge < -0.3 is 10.3 Å². The summed E-state index contributed by atoms with van der Waals surface area (Å²) in [6, 6.07) is 1.38. The third-order valence-electron chi connectivity index (χ3n) is 2.29. The molecule has 0 fully saturated rings. The van der Waals surface area contributed by atoms with Gasteiger partial charge in [-0.1, -0.05) is 12.2 Å². The van der Waals surface area contributed by atoms with Gasteiger partial charge in [-0.3, -0.25) is 9.36 Å². The standard InChI is InChI=1S/C10H15N3O2S/c1-12-7-5-9(14)13(10(12)15)6-3-2-4-8(11)16/h5,7H,2-4,6H2,1H3,(H2,11,16). The van der Waals surface area contributed by atoms with Crippen molar-refractivity contribution in [2.75, 3.05) is 0 Å². The zero-order valence-electron chi connectivity index (χ0n) is 9.18. The van der Waals surface area contributed by atoms with E-state index in [1.807, 2.05) is 0 Å². The fraction of sp³-hybridized carbons (Fsp3) is 0.500. The minimum atomic E-state index is -0.289. The normalized spacial score (nSPS) is 10.3. The molecule has 0 amide bonds. The van der Waals surface area contributed by atoms with Gasteiger partial charge in [0.1, 0.15) is 0 Å². The van der Waals surface area contributed by atoms with Crippen molar-refractivity contribution in [1.29, 1.82) is 0 Å². The number of rotatable bonds is 5. The summed E-state index contributed by atoms with van der Waals surface area (Å²) < 4.78 is 2.61. The Balaban J connectivity index is 2.67. The Hall–Kier alpha value is -1.43. The Bertz CT molecular complexity index is 490. The SMILES string of the molecule is Cn1ccc(=O)n(CCCCC(N)=S)c1=O. The highest BCUT2D eigenvalue weighted by Crippen LogP contribution is 1.96. The van der Waals surface area contributed by atoms with Crippen LogP contribution >= 0.6 is 12.2 Å². The first kappa shape index (κ1) is 12.6. The van der Waals surface area contributed by atoms with E-state index in [1.54, 1.807) is 7.05 Å². The van der Waals surface area contributed by atoms with Gasteiger partial charge in [0.2, 0.25) is 0 Å². The number of aromatic nitrogens is 2. The van der Waals surface area contributed by atoms with Gasteiger partial charge in [0.15, 0.2) is 0 Å². The molecule has 0 aromatic carbocycles. The van der Waals surface area contributed by atoms with Gasteiger partial charge >= 0.3 is 5.69 Å². The summed E-state index contributed by atoms with van der Waals surface area (Å²) in [5, 5.41) is 0. The first-order chi connectivity index (χ1) is 7.52. The first-order valence-corrected chi connectivity index (χ1v) is 5.48.